The predicted molar refractivity (Wildman–Crippen MR) is 87.0 cm³/mol. The number of pyridine rings is 1. The Morgan fingerprint density at radius 1 is 1.25 bits per heavy atom. The maximum atomic E-state index is 6.12. The number of hydrogen-bond acceptors (Lipinski definition) is 4. The molecule has 1 aromatic rings. The van der Waals surface area contributed by atoms with Crippen LogP contribution in [0.3, 0.4) is 0 Å². The van der Waals surface area contributed by atoms with Crippen LogP contribution in [-0.4, -0.2) is 41.6 Å². The highest BCUT2D eigenvalue weighted by Gasteiger charge is 2.40. The number of aromatic nitrogens is 1. The van der Waals surface area contributed by atoms with Crippen LogP contribution in [-0.2, 0) is 0 Å². The van der Waals surface area contributed by atoms with Crippen molar-refractivity contribution in [2.75, 3.05) is 36.8 Å². The summed E-state index contributed by atoms with van der Waals surface area (Å²) in [6.07, 6.45) is 7.10. The van der Waals surface area contributed by atoms with Crippen LogP contribution >= 0.6 is 15.9 Å². The molecule has 1 atom stereocenters. The fourth-order valence-electron chi connectivity index (χ4n) is 3.53. The molecule has 2 saturated heterocycles. The third kappa shape index (κ3) is 2.66. The van der Waals surface area contributed by atoms with E-state index in [9.17, 15) is 0 Å². The van der Waals surface area contributed by atoms with Gasteiger partial charge in [0.25, 0.3) is 0 Å². The lowest BCUT2D eigenvalue weighted by Gasteiger charge is -2.41. The molecule has 0 aliphatic carbocycles. The van der Waals surface area contributed by atoms with Crippen LogP contribution in [0.5, 0.6) is 0 Å². The molecular weight excluding hydrogens is 316 g/mol. The first-order valence-corrected chi connectivity index (χ1v) is 8.29. The van der Waals surface area contributed by atoms with Crippen molar-refractivity contribution in [3.63, 3.8) is 0 Å². The minimum absolute atomic E-state index is 0.279. The number of nitrogen functional groups attached to an aromatic ring is 1. The standard InChI is InChI=1S/C15H23BrN4/c1-15(20-6-3-2-4-7-20)5-8-19(11-15)14-13(17)9-12(16)10-18-14/h9-10H,2-8,11,17H2,1H3. The van der Waals surface area contributed by atoms with Crippen molar-refractivity contribution in [2.24, 2.45) is 0 Å². The number of rotatable bonds is 2. The minimum Gasteiger partial charge on any atom is -0.396 e. The summed E-state index contributed by atoms with van der Waals surface area (Å²) >= 11 is 3.42. The van der Waals surface area contributed by atoms with E-state index in [-0.39, 0.29) is 5.54 Å². The average Bonchev–Trinajstić information content (AvgIpc) is 2.83. The van der Waals surface area contributed by atoms with Gasteiger partial charge in [-0.3, -0.25) is 4.90 Å². The van der Waals surface area contributed by atoms with Crippen LogP contribution < -0.4 is 10.6 Å². The molecule has 110 valence electrons. The second kappa shape index (κ2) is 5.53. The van der Waals surface area contributed by atoms with Crippen molar-refractivity contribution in [3.8, 4) is 0 Å². The van der Waals surface area contributed by atoms with Gasteiger partial charge in [-0.1, -0.05) is 6.42 Å². The Morgan fingerprint density at radius 2 is 2.00 bits per heavy atom. The monoisotopic (exact) mass is 338 g/mol. The maximum Gasteiger partial charge on any atom is 0.151 e. The number of halogens is 1. The maximum absolute atomic E-state index is 6.12. The van der Waals surface area contributed by atoms with E-state index in [1.165, 1.54) is 38.8 Å². The van der Waals surface area contributed by atoms with Gasteiger partial charge in [0, 0.05) is 29.3 Å². The van der Waals surface area contributed by atoms with Gasteiger partial charge in [-0.15, -0.1) is 0 Å². The number of nitrogens with two attached hydrogens (primary N) is 1. The first kappa shape index (κ1) is 14.1. The Kier molecular flexibility index (Phi) is 3.91. The average molecular weight is 339 g/mol. The molecule has 0 saturated carbocycles. The lowest BCUT2D eigenvalue weighted by atomic mass is 9.95. The van der Waals surface area contributed by atoms with Gasteiger partial charge in [0.2, 0.25) is 0 Å². The highest BCUT2D eigenvalue weighted by atomic mass is 79.9. The molecule has 0 aromatic carbocycles. The summed E-state index contributed by atoms with van der Waals surface area (Å²) < 4.78 is 0.941. The van der Waals surface area contributed by atoms with Crippen molar-refractivity contribution in [3.05, 3.63) is 16.7 Å². The molecule has 0 bridgehead atoms. The largest absolute Gasteiger partial charge is 0.396 e. The van der Waals surface area contributed by atoms with Gasteiger partial charge in [0.15, 0.2) is 5.82 Å². The molecule has 0 spiro atoms. The zero-order chi connectivity index (χ0) is 14.2. The van der Waals surface area contributed by atoms with E-state index in [1.807, 2.05) is 12.3 Å². The van der Waals surface area contributed by atoms with E-state index < -0.39 is 0 Å². The van der Waals surface area contributed by atoms with Gasteiger partial charge in [0.05, 0.1) is 5.69 Å². The highest BCUT2D eigenvalue weighted by molar-refractivity contribution is 9.10. The Morgan fingerprint density at radius 3 is 2.70 bits per heavy atom. The summed E-state index contributed by atoms with van der Waals surface area (Å²) in [7, 11) is 0. The molecule has 0 amide bonds. The van der Waals surface area contributed by atoms with E-state index in [0.717, 1.165) is 29.1 Å². The Hall–Kier alpha value is -0.810. The van der Waals surface area contributed by atoms with E-state index in [2.05, 4.69) is 37.6 Å². The molecule has 1 unspecified atom stereocenters. The molecule has 2 aliphatic rings. The number of piperidine rings is 1. The zero-order valence-corrected chi connectivity index (χ0v) is 13.7. The topological polar surface area (TPSA) is 45.4 Å². The molecule has 20 heavy (non-hydrogen) atoms. The Bertz CT molecular complexity index is 487. The van der Waals surface area contributed by atoms with Gasteiger partial charge < -0.3 is 10.6 Å². The third-order valence-corrected chi connectivity index (χ3v) is 5.17. The molecule has 3 heterocycles. The van der Waals surface area contributed by atoms with E-state index in [0.29, 0.717) is 0 Å². The third-order valence-electron chi connectivity index (χ3n) is 4.73. The number of hydrogen-bond donors (Lipinski definition) is 1. The fraction of sp³-hybridized carbons (Fsp3) is 0.667. The molecular formula is C15H23BrN4. The van der Waals surface area contributed by atoms with E-state index in [4.69, 9.17) is 5.73 Å². The van der Waals surface area contributed by atoms with Gasteiger partial charge >= 0.3 is 0 Å². The lowest BCUT2D eigenvalue weighted by Crippen LogP contribution is -2.50. The normalized spacial score (nSPS) is 28.0. The zero-order valence-electron chi connectivity index (χ0n) is 12.1. The molecule has 4 nitrogen and oxygen atoms in total. The summed E-state index contributed by atoms with van der Waals surface area (Å²) in [5.74, 6) is 0.939. The van der Waals surface area contributed by atoms with Crippen LogP contribution in [0.2, 0.25) is 0 Å². The molecule has 3 rings (SSSR count). The van der Waals surface area contributed by atoms with Crippen molar-refractivity contribution in [1.29, 1.82) is 0 Å². The van der Waals surface area contributed by atoms with Crippen LogP contribution in [0, 0.1) is 0 Å². The van der Waals surface area contributed by atoms with Crippen LogP contribution in [0.25, 0.3) is 0 Å². The molecule has 1 aromatic heterocycles. The molecule has 2 N–H and O–H groups in total. The number of likely N-dealkylation sites (tertiary alicyclic amines) is 1. The highest BCUT2D eigenvalue weighted by Crippen LogP contribution is 2.34. The molecule has 5 heteroatoms. The predicted octanol–water partition coefficient (Wildman–Crippen LogP) is 2.88. The number of nitrogens with zero attached hydrogens (tertiary/aromatic N) is 3. The second-order valence-electron chi connectivity index (χ2n) is 6.28. The van der Waals surface area contributed by atoms with Crippen LogP contribution in [0.15, 0.2) is 16.7 Å². The SMILES string of the molecule is CC1(N2CCCCC2)CCN(c2ncc(Br)cc2N)C1. The Labute approximate surface area is 129 Å². The lowest BCUT2D eigenvalue weighted by molar-refractivity contribution is 0.0978. The van der Waals surface area contributed by atoms with Crippen molar-refractivity contribution in [2.45, 2.75) is 38.1 Å². The fourth-order valence-corrected chi connectivity index (χ4v) is 3.88. The molecule has 2 fully saturated rings. The molecule has 0 radical (unpaired) electrons. The van der Waals surface area contributed by atoms with Crippen LogP contribution in [0.4, 0.5) is 11.5 Å². The first-order chi connectivity index (χ1) is 9.58. The summed E-state index contributed by atoms with van der Waals surface area (Å²) in [6.45, 7) is 6.96. The Balaban J connectivity index is 1.75. The van der Waals surface area contributed by atoms with Crippen molar-refractivity contribution >= 4 is 27.4 Å². The first-order valence-electron chi connectivity index (χ1n) is 7.49. The van der Waals surface area contributed by atoms with Crippen molar-refractivity contribution < 1.29 is 0 Å². The quantitative estimate of drug-likeness (QED) is 0.900. The summed E-state index contributed by atoms with van der Waals surface area (Å²) in [4.78, 5) is 9.52. The van der Waals surface area contributed by atoms with Crippen LogP contribution in [0.1, 0.15) is 32.6 Å². The van der Waals surface area contributed by atoms with Gasteiger partial charge in [0.1, 0.15) is 0 Å². The minimum atomic E-state index is 0.279. The van der Waals surface area contributed by atoms with Gasteiger partial charge in [-0.05, 0) is 61.3 Å². The number of anilines is 2. The molecule has 2 aliphatic heterocycles. The summed E-state index contributed by atoms with van der Waals surface area (Å²) in [6, 6.07) is 1.94. The van der Waals surface area contributed by atoms with Gasteiger partial charge in [-0.2, -0.15) is 0 Å². The smallest absolute Gasteiger partial charge is 0.151 e. The summed E-state index contributed by atoms with van der Waals surface area (Å²) in [5, 5.41) is 0. The second-order valence-corrected chi connectivity index (χ2v) is 7.20. The summed E-state index contributed by atoms with van der Waals surface area (Å²) in [5.41, 5.74) is 7.17. The van der Waals surface area contributed by atoms with E-state index in [1.54, 1.807) is 0 Å². The van der Waals surface area contributed by atoms with Crippen molar-refractivity contribution in [1.82, 2.24) is 9.88 Å². The van der Waals surface area contributed by atoms with Gasteiger partial charge in [-0.25, -0.2) is 4.98 Å². The van der Waals surface area contributed by atoms with E-state index >= 15 is 0 Å².